The van der Waals surface area contributed by atoms with Crippen molar-refractivity contribution in [1.29, 1.82) is 0 Å². The molecule has 0 aromatic heterocycles. The molecule has 0 radical (unpaired) electrons. The summed E-state index contributed by atoms with van der Waals surface area (Å²) in [5.74, 6) is 0. The topological polar surface area (TPSA) is 18.5 Å². The van der Waals surface area contributed by atoms with Gasteiger partial charge in [0.05, 0.1) is 0 Å². The predicted molar refractivity (Wildman–Crippen MR) is 43.1 cm³/mol. The molecule has 1 saturated heterocycles. The fraction of sp³-hybridized carbons (Fsp3) is 0.250. The van der Waals surface area contributed by atoms with E-state index in [1.54, 1.807) is 11.8 Å². The summed E-state index contributed by atoms with van der Waals surface area (Å²) in [6.45, 7) is 0.435. The molecular weight excluding hydrogens is 160 g/mol. The average molecular weight is 168 g/mol. The molecular formula is C8H8O2S. The van der Waals surface area contributed by atoms with Gasteiger partial charge in [-0.05, 0) is 12.1 Å². The second-order valence-corrected chi connectivity index (χ2v) is 3.26. The largest absolute Gasteiger partial charge is 0.316 e. The Kier molecular flexibility index (Phi) is 2.12. The van der Waals surface area contributed by atoms with Crippen LogP contribution in [0.3, 0.4) is 0 Å². The second kappa shape index (κ2) is 3.26. The van der Waals surface area contributed by atoms with E-state index in [9.17, 15) is 0 Å². The zero-order valence-electron chi connectivity index (χ0n) is 5.90. The molecule has 0 amide bonds. The molecule has 58 valence electrons. The fourth-order valence-corrected chi connectivity index (χ4v) is 1.59. The monoisotopic (exact) mass is 168 g/mol. The first-order valence-corrected chi connectivity index (χ1v) is 4.28. The van der Waals surface area contributed by atoms with Gasteiger partial charge in [-0.1, -0.05) is 30.0 Å². The normalized spacial score (nSPS) is 17.8. The summed E-state index contributed by atoms with van der Waals surface area (Å²) in [7, 11) is 0. The van der Waals surface area contributed by atoms with Crippen molar-refractivity contribution >= 4 is 11.8 Å². The molecule has 0 unspecified atom stereocenters. The van der Waals surface area contributed by atoms with Crippen molar-refractivity contribution in [1.82, 2.24) is 0 Å². The highest BCUT2D eigenvalue weighted by Gasteiger charge is 2.19. The van der Waals surface area contributed by atoms with Crippen LogP contribution in [0.1, 0.15) is 0 Å². The van der Waals surface area contributed by atoms with Crippen molar-refractivity contribution in [3.63, 3.8) is 0 Å². The standard InChI is InChI=1S/C8H8O2S/c1-2-4-7(5-3-1)11-8-9-6-10-8/h1-5,8H,6H2. The summed E-state index contributed by atoms with van der Waals surface area (Å²) in [4.78, 5) is 1.18. The fourth-order valence-electron chi connectivity index (χ4n) is 0.802. The number of rotatable bonds is 2. The van der Waals surface area contributed by atoms with Crippen LogP contribution in [0.2, 0.25) is 0 Å². The van der Waals surface area contributed by atoms with Crippen LogP contribution in [-0.4, -0.2) is 12.4 Å². The second-order valence-electron chi connectivity index (χ2n) is 2.17. The molecule has 1 aromatic carbocycles. The van der Waals surface area contributed by atoms with Gasteiger partial charge in [0.15, 0.2) is 6.79 Å². The lowest BCUT2D eigenvalue weighted by Gasteiger charge is -2.25. The van der Waals surface area contributed by atoms with Crippen molar-refractivity contribution < 1.29 is 9.47 Å². The molecule has 1 heterocycles. The zero-order valence-corrected chi connectivity index (χ0v) is 6.71. The predicted octanol–water partition coefficient (Wildman–Crippen LogP) is 2.07. The Bertz CT molecular complexity index is 221. The summed E-state index contributed by atoms with van der Waals surface area (Å²) < 4.78 is 10.2. The number of hydrogen-bond acceptors (Lipinski definition) is 3. The highest BCUT2D eigenvalue weighted by Crippen LogP contribution is 2.28. The summed E-state index contributed by atoms with van der Waals surface area (Å²) in [6, 6.07) is 10.1. The van der Waals surface area contributed by atoms with Crippen molar-refractivity contribution in [3.05, 3.63) is 30.3 Å². The van der Waals surface area contributed by atoms with Gasteiger partial charge in [-0.2, -0.15) is 0 Å². The van der Waals surface area contributed by atoms with E-state index in [1.807, 2.05) is 30.3 Å². The maximum atomic E-state index is 5.08. The van der Waals surface area contributed by atoms with Crippen molar-refractivity contribution in [2.45, 2.75) is 10.5 Å². The lowest BCUT2D eigenvalue weighted by Crippen LogP contribution is -2.26. The average Bonchev–Trinajstić information content (AvgIpc) is 1.99. The third-order valence-corrected chi connectivity index (χ3v) is 2.39. The molecule has 0 saturated carbocycles. The number of ether oxygens (including phenoxy) is 2. The number of benzene rings is 1. The maximum Gasteiger partial charge on any atom is 0.216 e. The quantitative estimate of drug-likeness (QED) is 0.673. The third-order valence-electron chi connectivity index (χ3n) is 1.38. The van der Waals surface area contributed by atoms with E-state index >= 15 is 0 Å². The number of hydrogen-bond donors (Lipinski definition) is 0. The van der Waals surface area contributed by atoms with Gasteiger partial charge in [-0.3, -0.25) is 0 Å². The highest BCUT2D eigenvalue weighted by molar-refractivity contribution is 7.99. The van der Waals surface area contributed by atoms with Gasteiger partial charge in [-0.25, -0.2) is 0 Å². The van der Waals surface area contributed by atoms with Crippen LogP contribution < -0.4 is 0 Å². The Balaban J connectivity index is 1.95. The van der Waals surface area contributed by atoms with Crippen LogP contribution >= 0.6 is 11.8 Å². The minimum atomic E-state index is -0.0857. The Hall–Kier alpha value is -0.510. The lowest BCUT2D eigenvalue weighted by molar-refractivity contribution is -0.272. The first kappa shape index (κ1) is 7.16. The van der Waals surface area contributed by atoms with E-state index in [-0.39, 0.29) is 5.62 Å². The Labute approximate surface area is 69.5 Å². The molecule has 1 aliphatic rings. The maximum absolute atomic E-state index is 5.08. The van der Waals surface area contributed by atoms with Gasteiger partial charge in [0.25, 0.3) is 0 Å². The molecule has 0 N–H and O–H groups in total. The first-order valence-electron chi connectivity index (χ1n) is 3.40. The number of thioether (sulfide) groups is 1. The molecule has 2 rings (SSSR count). The summed E-state index contributed by atoms with van der Waals surface area (Å²) in [5.41, 5.74) is -0.0857. The van der Waals surface area contributed by atoms with Crippen molar-refractivity contribution in [2.24, 2.45) is 0 Å². The Morgan fingerprint density at radius 3 is 2.45 bits per heavy atom. The lowest BCUT2D eigenvalue weighted by atomic mass is 10.4. The molecule has 1 fully saturated rings. The Morgan fingerprint density at radius 1 is 1.18 bits per heavy atom. The van der Waals surface area contributed by atoms with Crippen molar-refractivity contribution in [3.8, 4) is 0 Å². The molecule has 1 aliphatic heterocycles. The molecule has 0 aliphatic carbocycles. The van der Waals surface area contributed by atoms with Gasteiger partial charge < -0.3 is 9.47 Å². The zero-order chi connectivity index (χ0) is 7.52. The third kappa shape index (κ3) is 1.74. The minimum absolute atomic E-state index is 0.0857. The minimum Gasteiger partial charge on any atom is -0.316 e. The van der Waals surface area contributed by atoms with Gasteiger partial charge >= 0.3 is 0 Å². The molecule has 0 bridgehead atoms. The molecule has 1 aromatic rings. The summed E-state index contributed by atoms with van der Waals surface area (Å²) >= 11 is 1.59. The van der Waals surface area contributed by atoms with Crippen LogP contribution in [-0.2, 0) is 9.47 Å². The van der Waals surface area contributed by atoms with E-state index in [2.05, 4.69) is 0 Å². The summed E-state index contributed by atoms with van der Waals surface area (Å²) in [6.07, 6.45) is 0. The van der Waals surface area contributed by atoms with Crippen LogP contribution in [0.4, 0.5) is 0 Å². The SMILES string of the molecule is c1ccc(SC2OCO2)cc1. The smallest absolute Gasteiger partial charge is 0.216 e. The molecule has 3 heteroatoms. The highest BCUT2D eigenvalue weighted by atomic mass is 32.2. The van der Waals surface area contributed by atoms with Gasteiger partial charge in [0.2, 0.25) is 5.62 Å². The molecule has 2 nitrogen and oxygen atoms in total. The van der Waals surface area contributed by atoms with E-state index in [4.69, 9.17) is 9.47 Å². The van der Waals surface area contributed by atoms with Crippen LogP contribution in [0, 0.1) is 0 Å². The Morgan fingerprint density at radius 2 is 1.91 bits per heavy atom. The van der Waals surface area contributed by atoms with Crippen LogP contribution in [0.15, 0.2) is 35.2 Å². The van der Waals surface area contributed by atoms with E-state index < -0.39 is 0 Å². The van der Waals surface area contributed by atoms with E-state index in [0.717, 1.165) is 0 Å². The van der Waals surface area contributed by atoms with Gasteiger partial charge in [-0.15, -0.1) is 0 Å². The molecule has 11 heavy (non-hydrogen) atoms. The van der Waals surface area contributed by atoms with E-state index in [1.165, 1.54) is 4.90 Å². The summed E-state index contributed by atoms with van der Waals surface area (Å²) in [5, 5.41) is 0. The van der Waals surface area contributed by atoms with E-state index in [0.29, 0.717) is 6.79 Å². The van der Waals surface area contributed by atoms with Gasteiger partial charge in [0, 0.05) is 4.90 Å². The van der Waals surface area contributed by atoms with Crippen LogP contribution in [0.25, 0.3) is 0 Å². The molecule has 0 atom stereocenters. The van der Waals surface area contributed by atoms with Gasteiger partial charge in [0.1, 0.15) is 0 Å². The molecule has 0 spiro atoms. The van der Waals surface area contributed by atoms with Crippen LogP contribution in [0.5, 0.6) is 0 Å². The van der Waals surface area contributed by atoms with Crippen molar-refractivity contribution in [2.75, 3.05) is 6.79 Å². The first-order chi connectivity index (χ1) is 5.45.